The number of benzene rings is 3. The predicted molar refractivity (Wildman–Crippen MR) is 97.7 cm³/mol. The highest BCUT2D eigenvalue weighted by molar-refractivity contribution is 5.83. The van der Waals surface area contributed by atoms with Gasteiger partial charge in [-0.05, 0) is 23.1 Å². The molecule has 0 aromatic heterocycles. The summed E-state index contributed by atoms with van der Waals surface area (Å²) in [4.78, 5) is 12.3. The third-order valence-corrected chi connectivity index (χ3v) is 4.39. The van der Waals surface area contributed by atoms with Crippen LogP contribution in [0.1, 0.15) is 28.5 Å². The largest absolute Gasteiger partial charge is 0.369 e. The van der Waals surface area contributed by atoms with Crippen molar-refractivity contribution in [2.75, 3.05) is 0 Å². The minimum Gasteiger partial charge on any atom is -0.369 e. The third kappa shape index (κ3) is 3.72. The molecule has 24 heavy (non-hydrogen) atoms. The molecule has 3 rings (SSSR count). The van der Waals surface area contributed by atoms with E-state index in [2.05, 4.69) is 24.3 Å². The fourth-order valence-electron chi connectivity index (χ4n) is 3.25. The second kappa shape index (κ2) is 7.60. The van der Waals surface area contributed by atoms with Gasteiger partial charge < -0.3 is 5.73 Å². The first-order valence-electron chi connectivity index (χ1n) is 8.19. The Balaban J connectivity index is 2.03. The lowest BCUT2D eigenvalue weighted by atomic mass is 9.77. The fraction of sp³-hybridized carbons (Fsp3) is 0.136. The molecule has 3 aromatic rings. The number of carbonyl (C=O) groups is 1. The van der Waals surface area contributed by atoms with Gasteiger partial charge in [-0.25, -0.2) is 0 Å². The zero-order chi connectivity index (χ0) is 16.8. The number of hydrogen-bond acceptors (Lipinski definition) is 1. The standard InChI is InChI=1S/C22H21NO/c23-22(24)21(19-14-8-3-9-15-19)20(18-12-6-2-7-13-18)16-17-10-4-1-5-11-17/h1-15,20-21H,16H2,(H2,23,24)/t20-,21-/m1/s1. The molecular formula is C22H21NO. The summed E-state index contributed by atoms with van der Waals surface area (Å²) in [6.07, 6.45) is 0.771. The van der Waals surface area contributed by atoms with Gasteiger partial charge in [-0.1, -0.05) is 91.0 Å². The molecule has 0 fully saturated rings. The van der Waals surface area contributed by atoms with Crippen LogP contribution < -0.4 is 5.73 Å². The van der Waals surface area contributed by atoms with E-state index in [1.165, 1.54) is 5.56 Å². The first-order chi connectivity index (χ1) is 11.8. The van der Waals surface area contributed by atoms with Crippen molar-refractivity contribution in [1.29, 1.82) is 0 Å². The molecule has 0 unspecified atom stereocenters. The average molecular weight is 315 g/mol. The van der Waals surface area contributed by atoms with Gasteiger partial charge in [0.15, 0.2) is 0 Å². The molecule has 0 saturated heterocycles. The molecule has 0 aliphatic carbocycles. The van der Waals surface area contributed by atoms with Gasteiger partial charge in [0.2, 0.25) is 5.91 Å². The maximum Gasteiger partial charge on any atom is 0.225 e. The van der Waals surface area contributed by atoms with Crippen molar-refractivity contribution in [2.24, 2.45) is 5.73 Å². The van der Waals surface area contributed by atoms with E-state index < -0.39 is 0 Å². The molecule has 0 aliphatic heterocycles. The van der Waals surface area contributed by atoms with Crippen LogP contribution in [0.3, 0.4) is 0 Å². The smallest absolute Gasteiger partial charge is 0.225 e. The molecule has 3 aromatic carbocycles. The van der Waals surface area contributed by atoms with Crippen LogP contribution in [0.2, 0.25) is 0 Å². The van der Waals surface area contributed by atoms with Crippen LogP contribution >= 0.6 is 0 Å². The molecule has 0 aliphatic rings. The Morgan fingerprint density at radius 3 is 1.67 bits per heavy atom. The predicted octanol–water partition coefficient (Wildman–Crippen LogP) is 4.28. The molecule has 0 bridgehead atoms. The van der Waals surface area contributed by atoms with Gasteiger partial charge in [-0.15, -0.1) is 0 Å². The van der Waals surface area contributed by atoms with E-state index in [-0.39, 0.29) is 17.7 Å². The zero-order valence-corrected chi connectivity index (χ0v) is 13.5. The van der Waals surface area contributed by atoms with E-state index in [0.29, 0.717) is 0 Å². The monoisotopic (exact) mass is 315 g/mol. The van der Waals surface area contributed by atoms with Gasteiger partial charge in [-0.3, -0.25) is 4.79 Å². The highest BCUT2D eigenvalue weighted by Crippen LogP contribution is 2.35. The topological polar surface area (TPSA) is 43.1 Å². The van der Waals surface area contributed by atoms with Gasteiger partial charge in [0.05, 0.1) is 5.92 Å². The zero-order valence-electron chi connectivity index (χ0n) is 13.5. The highest BCUT2D eigenvalue weighted by Gasteiger charge is 2.29. The van der Waals surface area contributed by atoms with Gasteiger partial charge in [0, 0.05) is 5.92 Å². The van der Waals surface area contributed by atoms with Crippen molar-refractivity contribution >= 4 is 5.91 Å². The van der Waals surface area contributed by atoms with Crippen LogP contribution in [-0.4, -0.2) is 5.91 Å². The lowest BCUT2D eigenvalue weighted by Gasteiger charge is -2.26. The van der Waals surface area contributed by atoms with Crippen molar-refractivity contribution < 1.29 is 4.79 Å². The maximum absolute atomic E-state index is 12.3. The third-order valence-electron chi connectivity index (χ3n) is 4.39. The van der Waals surface area contributed by atoms with E-state index in [0.717, 1.165) is 17.5 Å². The van der Waals surface area contributed by atoms with Crippen LogP contribution in [-0.2, 0) is 11.2 Å². The number of amides is 1. The lowest BCUT2D eigenvalue weighted by Crippen LogP contribution is -2.28. The summed E-state index contributed by atoms with van der Waals surface area (Å²) in [5.74, 6) is -0.631. The van der Waals surface area contributed by atoms with Crippen LogP contribution in [0, 0.1) is 0 Å². The van der Waals surface area contributed by atoms with Gasteiger partial charge in [-0.2, -0.15) is 0 Å². The van der Waals surface area contributed by atoms with E-state index in [1.54, 1.807) is 0 Å². The number of nitrogens with two attached hydrogens (primary N) is 1. The molecule has 0 saturated carbocycles. The molecule has 120 valence electrons. The number of primary amides is 1. The Bertz CT molecular complexity index is 769. The molecule has 0 radical (unpaired) electrons. The van der Waals surface area contributed by atoms with E-state index in [4.69, 9.17) is 5.73 Å². The minimum atomic E-state index is -0.353. The van der Waals surface area contributed by atoms with Gasteiger partial charge in [0.25, 0.3) is 0 Å². The van der Waals surface area contributed by atoms with Crippen LogP contribution in [0.15, 0.2) is 91.0 Å². The van der Waals surface area contributed by atoms with Crippen LogP contribution in [0.25, 0.3) is 0 Å². The molecule has 2 nitrogen and oxygen atoms in total. The Labute approximate surface area is 143 Å². The minimum absolute atomic E-state index is 0.00787. The normalized spacial score (nSPS) is 13.2. The van der Waals surface area contributed by atoms with Gasteiger partial charge >= 0.3 is 0 Å². The van der Waals surface area contributed by atoms with Crippen molar-refractivity contribution in [1.82, 2.24) is 0 Å². The molecular weight excluding hydrogens is 294 g/mol. The first-order valence-corrected chi connectivity index (χ1v) is 8.19. The average Bonchev–Trinajstić information content (AvgIpc) is 2.63. The summed E-state index contributed by atoms with van der Waals surface area (Å²) in [5.41, 5.74) is 9.12. The number of rotatable bonds is 6. The summed E-state index contributed by atoms with van der Waals surface area (Å²) >= 11 is 0. The van der Waals surface area contributed by atoms with Gasteiger partial charge in [0.1, 0.15) is 0 Å². The van der Waals surface area contributed by atoms with Crippen molar-refractivity contribution in [3.8, 4) is 0 Å². The molecule has 0 heterocycles. The summed E-state index contributed by atoms with van der Waals surface area (Å²) in [6.45, 7) is 0. The Morgan fingerprint density at radius 2 is 1.17 bits per heavy atom. The Hall–Kier alpha value is -2.87. The molecule has 1 amide bonds. The second-order valence-electron chi connectivity index (χ2n) is 6.00. The fourth-order valence-corrected chi connectivity index (χ4v) is 3.25. The Kier molecular flexibility index (Phi) is 5.07. The quantitative estimate of drug-likeness (QED) is 0.725. The lowest BCUT2D eigenvalue weighted by molar-refractivity contribution is -0.120. The summed E-state index contributed by atoms with van der Waals surface area (Å²) < 4.78 is 0. The van der Waals surface area contributed by atoms with Crippen LogP contribution in [0.5, 0.6) is 0 Å². The second-order valence-corrected chi connectivity index (χ2v) is 6.00. The van der Waals surface area contributed by atoms with Crippen molar-refractivity contribution in [2.45, 2.75) is 18.3 Å². The van der Waals surface area contributed by atoms with E-state index in [9.17, 15) is 4.79 Å². The molecule has 0 spiro atoms. The summed E-state index contributed by atoms with van der Waals surface area (Å²) in [5, 5.41) is 0. The van der Waals surface area contributed by atoms with E-state index >= 15 is 0 Å². The van der Waals surface area contributed by atoms with Crippen molar-refractivity contribution in [3.63, 3.8) is 0 Å². The molecule has 2 heteroatoms. The number of carbonyl (C=O) groups excluding carboxylic acids is 1. The maximum atomic E-state index is 12.3. The molecule has 2 atom stereocenters. The first kappa shape index (κ1) is 16.0. The Morgan fingerprint density at radius 1 is 0.708 bits per heavy atom. The SMILES string of the molecule is NC(=O)[C@H](c1ccccc1)[C@H](Cc1ccccc1)c1ccccc1. The van der Waals surface area contributed by atoms with Crippen LogP contribution in [0.4, 0.5) is 0 Å². The number of hydrogen-bond donors (Lipinski definition) is 1. The van der Waals surface area contributed by atoms with E-state index in [1.807, 2.05) is 66.7 Å². The van der Waals surface area contributed by atoms with Crippen molar-refractivity contribution in [3.05, 3.63) is 108 Å². The summed E-state index contributed by atoms with van der Waals surface area (Å²) in [7, 11) is 0. The molecule has 2 N–H and O–H groups in total. The summed E-state index contributed by atoms with van der Waals surface area (Å²) in [6, 6.07) is 30.2. The highest BCUT2D eigenvalue weighted by atomic mass is 16.1.